The molecule has 0 saturated carbocycles. The van der Waals surface area contributed by atoms with E-state index in [9.17, 15) is 9.18 Å². The molecule has 1 aromatic heterocycles. The average molecular weight is 521 g/mol. The maximum Gasteiger partial charge on any atom is 0.322 e. The highest BCUT2D eigenvalue weighted by Gasteiger charge is 2.46. The van der Waals surface area contributed by atoms with E-state index in [1.165, 1.54) is 6.07 Å². The van der Waals surface area contributed by atoms with Crippen molar-refractivity contribution in [2.45, 2.75) is 24.8 Å². The van der Waals surface area contributed by atoms with Crippen molar-refractivity contribution in [1.29, 1.82) is 0 Å². The Balaban J connectivity index is 1.23. The van der Waals surface area contributed by atoms with Crippen molar-refractivity contribution in [2.24, 2.45) is 0 Å². The van der Waals surface area contributed by atoms with Crippen molar-refractivity contribution in [3.63, 3.8) is 0 Å². The Hall–Kier alpha value is -3.42. The van der Waals surface area contributed by atoms with Crippen LogP contribution in [-0.4, -0.2) is 49.2 Å². The van der Waals surface area contributed by atoms with Gasteiger partial charge in [0.2, 0.25) is 0 Å². The summed E-state index contributed by atoms with van der Waals surface area (Å²) in [5.41, 5.74) is 3.48. The van der Waals surface area contributed by atoms with Crippen LogP contribution in [0.25, 0.3) is 6.08 Å². The number of piperidine rings is 1. The molecular formula is C29H30ClFN4O2. The Labute approximate surface area is 221 Å². The third-order valence-corrected chi connectivity index (χ3v) is 7.57. The monoisotopic (exact) mass is 520 g/mol. The van der Waals surface area contributed by atoms with Crippen LogP contribution in [0.2, 0.25) is 5.15 Å². The first-order chi connectivity index (χ1) is 18.0. The van der Waals surface area contributed by atoms with E-state index in [4.69, 9.17) is 16.3 Å². The zero-order valence-corrected chi connectivity index (χ0v) is 21.5. The number of fused-ring (bicyclic) bond motifs is 2. The van der Waals surface area contributed by atoms with E-state index < -0.39 is 0 Å². The van der Waals surface area contributed by atoms with Gasteiger partial charge < -0.3 is 10.1 Å². The highest BCUT2D eigenvalue weighted by molar-refractivity contribution is 6.29. The smallest absolute Gasteiger partial charge is 0.322 e. The van der Waals surface area contributed by atoms with Gasteiger partial charge in [-0.1, -0.05) is 35.9 Å². The molecule has 1 spiro atoms. The molecule has 2 aliphatic rings. The minimum Gasteiger partial charge on any atom is -0.497 e. The summed E-state index contributed by atoms with van der Waals surface area (Å²) < 4.78 is 19.5. The molecule has 6 nitrogen and oxygen atoms in total. The lowest BCUT2D eigenvalue weighted by Gasteiger charge is -2.39. The number of carbonyl (C=O) groups is 1. The maximum atomic E-state index is 14.3. The fourth-order valence-corrected chi connectivity index (χ4v) is 5.49. The number of aromatic nitrogens is 1. The second kappa shape index (κ2) is 10.9. The summed E-state index contributed by atoms with van der Waals surface area (Å²) in [7, 11) is 1.66. The van der Waals surface area contributed by atoms with Crippen molar-refractivity contribution in [2.75, 3.05) is 38.2 Å². The summed E-state index contributed by atoms with van der Waals surface area (Å²) in [6.07, 6.45) is 7.64. The number of benzene rings is 2. The van der Waals surface area contributed by atoms with Gasteiger partial charge in [0.25, 0.3) is 0 Å². The molecule has 3 aromatic rings. The summed E-state index contributed by atoms with van der Waals surface area (Å²) >= 11 is 5.97. The lowest BCUT2D eigenvalue weighted by Crippen LogP contribution is -2.47. The Bertz CT molecular complexity index is 1290. The Kier molecular flexibility index (Phi) is 7.44. The predicted octanol–water partition coefficient (Wildman–Crippen LogP) is 5.66. The molecule has 3 heterocycles. The van der Waals surface area contributed by atoms with Gasteiger partial charge in [0.1, 0.15) is 16.7 Å². The van der Waals surface area contributed by atoms with Gasteiger partial charge >= 0.3 is 6.03 Å². The van der Waals surface area contributed by atoms with Crippen LogP contribution < -0.4 is 15.0 Å². The van der Waals surface area contributed by atoms with Crippen LogP contribution >= 0.6 is 11.6 Å². The molecule has 1 saturated heterocycles. The van der Waals surface area contributed by atoms with Gasteiger partial charge in [0.15, 0.2) is 0 Å². The lowest BCUT2D eigenvalue weighted by molar-refractivity contribution is 0.180. The summed E-state index contributed by atoms with van der Waals surface area (Å²) in [4.78, 5) is 21.3. The Morgan fingerprint density at radius 3 is 2.68 bits per heavy atom. The highest BCUT2D eigenvalue weighted by atomic mass is 35.5. The number of ether oxygens (including phenoxy) is 1. The first-order valence-corrected chi connectivity index (χ1v) is 12.8. The molecule has 1 N–H and O–H groups in total. The Morgan fingerprint density at radius 2 is 1.95 bits per heavy atom. The number of methoxy groups -OCH3 is 1. The van der Waals surface area contributed by atoms with E-state index >= 15 is 0 Å². The van der Waals surface area contributed by atoms with E-state index in [2.05, 4.69) is 27.4 Å². The normalized spacial score (nSPS) is 16.8. The molecule has 192 valence electrons. The van der Waals surface area contributed by atoms with Crippen molar-refractivity contribution in [1.82, 2.24) is 15.2 Å². The van der Waals surface area contributed by atoms with Crippen LogP contribution in [0.4, 0.5) is 14.9 Å². The summed E-state index contributed by atoms with van der Waals surface area (Å²) in [5, 5.41) is 3.37. The Morgan fingerprint density at radius 1 is 1.16 bits per heavy atom. The van der Waals surface area contributed by atoms with Crippen molar-refractivity contribution in [3.8, 4) is 5.75 Å². The molecule has 0 aliphatic carbocycles. The minimum atomic E-state index is -0.267. The van der Waals surface area contributed by atoms with Gasteiger partial charge in [0.05, 0.1) is 7.11 Å². The van der Waals surface area contributed by atoms with Gasteiger partial charge in [-0.2, -0.15) is 0 Å². The first kappa shape index (κ1) is 25.2. The van der Waals surface area contributed by atoms with Crippen molar-refractivity contribution < 1.29 is 13.9 Å². The van der Waals surface area contributed by atoms with Crippen LogP contribution in [0.3, 0.4) is 0 Å². The molecule has 8 heteroatoms. The molecular weight excluding hydrogens is 491 g/mol. The number of anilines is 1. The van der Waals surface area contributed by atoms with Gasteiger partial charge in [-0.3, -0.25) is 9.80 Å². The van der Waals surface area contributed by atoms with E-state index in [1.54, 1.807) is 36.4 Å². The second-order valence-corrected chi connectivity index (χ2v) is 10.0. The number of nitrogens with one attached hydrogen (secondary N) is 1. The van der Waals surface area contributed by atoms with E-state index in [0.717, 1.165) is 60.6 Å². The third-order valence-electron chi connectivity index (χ3n) is 7.36. The van der Waals surface area contributed by atoms with Crippen LogP contribution in [-0.2, 0) is 12.0 Å². The van der Waals surface area contributed by atoms with E-state index in [0.29, 0.717) is 18.2 Å². The number of halogens is 2. The van der Waals surface area contributed by atoms with Crippen LogP contribution in [0, 0.1) is 5.82 Å². The summed E-state index contributed by atoms with van der Waals surface area (Å²) in [5.74, 6) is 0.577. The number of likely N-dealkylation sites (tertiary alicyclic amines) is 1. The first-order valence-electron chi connectivity index (χ1n) is 12.4. The zero-order valence-electron chi connectivity index (χ0n) is 20.8. The molecule has 2 aliphatic heterocycles. The highest BCUT2D eigenvalue weighted by Crippen LogP contribution is 2.47. The molecule has 37 heavy (non-hydrogen) atoms. The van der Waals surface area contributed by atoms with Crippen LogP contribution in [0.1, 0.15) is 29.5 Å². The number of carbonyl (C=O) groups excluding carboxylic acids is 1. The molecule has 0 bridgehead atoms. The van der Waals surface area contributed by atoms with Crippen molar-refractivity contribution >= 4 is 29.4 Å². The molecule has 2 aromatic carbocycles. The fourth-order valence-electron chi connectivity index (χ4n) is 5.29. The number of amides is 2. The quantitative estimate of drug-likeness (QED) is 0.426. The summed E-state index contributed by atoms with van der Waals surface area (Å²) in [6, 6.07) is 16.1. The standard InChI is InChI=1S/C29H30ClFN4O2/c1-37-24-7-4-21(5-8-24)3-2-14-34-15-11-29(12-16-34)20-35(26-9-6-23(31)18-25(26)29)28(36)33-19-22-10-13-32-27(30)17-22/h2-10,13,17-18H,11-12,14-16,19-20H2,1H3,(H,33,36)/b3-2+. The average Bonchev–Trinajstić information content (AvgIpc) is 3.22. The largest absolute Gasteiger partial charge is 0.497 e. The maximum absolute atomic E-state index is 14.3. The number of hydrogen-bond donors (Lipinski definition) is 1. The predicted molar refractivity (Wildman–Crippen MR) is 145 cm³/mol. The second-order valence-electron chi connectivity index (χ2n) is 9.65. The summed E-state index contributed by atoms with van der Waals surface area (Å²) in [6.45, 7) is 3.50. The number of urea groups is 1. The fraction of sp³-hybridized carbons (Fsp3) is 0.310. The lowest BCUT2D eigenvalue weighted by atomic mass is 9.74. The van der Waals surface area contributed by atoms with Gasteiger partial charge in [0, 0.05) is 36.9 Å². The molecule has 0 radical (unpaired) electrons. The SMILES string of the molecule is COc1ccc(/C=C/CN2CCC3(CC2)CN(C(=O)NCc2ccnc(Cl)c2)c2ccc(F)cc23)cc1. The van der Waals surface area contributed by atoms with E-state index in [1.807, 2.05) is 30.3 Å². The molecule has 0 atom stereocenters. The van der Waals surface area contributed by atoms with Crippen LogP contribution in [0.15, 0.2) is 66.9 Å². The van der Waals surface area contributed by atoms with Gasteiger partial charge in [-0.05, 0) is 85.1 Å². The van der Waals surface area contributed by atoms with Crippen molar-refractivity contribution in [3.05, 3.63) is 94.5 Å². The molecule has 1 fully saturated rings. The molecule has 5 rings (SSSR count). The number of pyridine rings is 1. The number of rotatable bonds is 6. The van der Waals surface area contributed by atoms with Gasteiger partial charge in [-0.25, -0.2) is 14.2 Å². The molecule has 0 unspecified atom stereocenters. The number of hydrogen-bond acceptors (Lipinski definition) is 4. The molecule has 2 amide bonds. The third kappa shape index (κ3) is 5.63. The van der Waals surface area contributed by atoms with Gasteiger partial charge in [-0.15, -0.1) is 0 Å². The topological polar surface area (TPSA) is 57.7 Å². The zero-order chi connectivity index (χ0) is 25.8. The number of nitrogens with zero attached hydrogens (tertiary/aromatic N) is 3. The van der Waals surface area contributed by atoms with E-state index in [-0.39, 0.29) is 17.3 Å². The minimum absolute atomic E-state index is 0.192. The van der Waals surface area contributed by atoms with Crippen LogP contribution in [0.5, 0.6) is 5.75 Å².